The van der Waals surface area contributed by atoms with E-state index in [-0.39, 0.29) is 11.8 Å². The van der Waals surface area contributed by atoms with Crippen molar-refractivity contribution in [1.82, 2.24) is 4.90 Å². The smallest absolute Gasteiger partial charge is 0.256 e. The molecule has 0 spiro atoms. The molecule has 0 bridgehead atoms. The normalized spacial score (nSPS) is 10.2. The zero-order valence-corrected chi connectivity index (χ0v) is 15.8. The Morgan fingerprint density at radius 3 is 2.32 bits per heavy atom. The van der Waals surface area contributed by atoms with E-state index in [1.54, 1.807) is 44.4 Å². The maximum Gasteiger partial charge on any atom is 0.256 e. The number of nitrogens with zero attached hydrogens (tertiary/aromatic N) is 1. The Kier molecular flexibility index (Phi) is 5.57. The molecule has 2 amide bonds. The number of benzene rings is 2. The maximum absolute atomic E-state index is 12.3. The van der Waals surface area contributed by atoms with Gasteiger partial charge in [-0.15, -0.1) is 0 Å². The molecule has 0 aliphatic rings. The molecule has 0 heterocycles. The molecule has 6 heteroatoms. The fourth-order valence-corrected chi connectivity index (χ4v) is 2.77. The van der Waals surface area contributed by atoms with Crippen molar-refractivity contribution in [2.75, 3.05) is 19.4 Å². The molecule has 0 atom stereocenters. The third kappa shape index (κ3) is 4.07. The summed E-state index contributed by atoms with van der Waals surface area (Å²) in [6.07, 6.45) is 0. The van der Waals surface area contributed by atoms with Gasteiger partial charge < -0.3 is 10.2 Å². The van der Waals surface area contributed by atoms with Crippen LogP contribution in [0.15, 0.2) is 46.9 Å². The Balaban J connectivity index is 2.15. The van der Waals surface area contributed by atoms with Gasteiger partial charge in [-0.3, -0.25) is 9.59 Å². The van der Waals surface area contributed by atoms with Crippen molar-refractivity contribution in [3.05, 3.63) is 61.6 Å². The molecule has 0 aromatic heterocycles. The molecular formula is C16H14BrIN2O2. The molecule has 0 fully saturated rings. The van der Waals surface area contributed by atoms with E-state index in [1.165, 1.54) is 4.90 Å². The molecule has 2 rings (SSSR count). The molecule has 0 aliphatic heterocycles. The van der Waals surface area contributed by atoms with Crippen LogP contribution in [0.4, 0.5) is 5.69 Å². The summed E-state index contributed by atoms with van der Waals surface area (Å²) in [7, 11) is 3.40. The lowest BCUT2D eigenvalue weighted by Crippen LogP contribution is -2.21. The lowest BCUT2D eigenvalue weighted by Gasteiger charge is -2.11. The van der Waals surface area contributed by atoms with E-state index >= 15 is 0 Å². The minimum absolute atomic E-state index is 0.0700. The van der Waals surface area contributed by atoms with Gasteiger partial charge in [-0.05, 0) is 65.1 Å². The number of nitrogens with one attached hydrogen (secondary N) is 1. The van der Waals surface area contributed by atoms with Crippen molar-refractivity contribution in [1.29, 1.82) is 0 Å². The van der Waals surface area contributed by atoms with Crippen molar-refractivity contribution in [3.8, 4) is 0 Å². The lowest BCUT2D eigenvalue weighted by atomic mass is 10.1. The Hall–Kier alpha value is -1.41. The fourth-order valence-electron chi connectivity index (χ4n) is 1.82. The van der Waals surface area contributed by atoms with E-state index in [0.29, 0.717) is 16.8 Å². The van der Waals surface area contributed by atoms with Gasteiger partial charge in [-0.1, -0.05) is 15.9 Å². The quantitative estimate of drug-likeness (QED) is 0.686. The second-order valence-electron chi connectivity index (χ2n) is 4.86. The number of carbonyl (C=O) groups is 2. The predicted molar refractivity (Wildman–Crippen MR) is 99.3 cm³/mol. The molecule has 2 aromatic carbocycles. The molecule has 22 heavy (non-hydrogen) atoms. The Bertz CT molecular complexity index is 715. The summed E-state index contributed by atoms with van der Waals surface area (Å²) < 4.78 is 1.72. The standard InChI is InChI=1S/C16H14BrIN2O2/c1-20(2)16(22)10-3-6-12(7-4-10)19-15(21)13-9-11(17)5-8-14(13)18/h3-9H,1-2H3,(H,19,21). The van der Waals surface area contributed by atoms with Crippen LogP contribution in [0.1, 0.15) is 20.7 Å². The van der Waals surface area contributed by atoms with Crippen molar-refractivity contribution in [2.24, 2.45) is 0 Å². The molecule has 4 nitrogen and oxygen atoms in total. The zero-order valence-electron chi connectivity index (χ0n) is 12.1. The highest BCUT2D eigenvalue weighted by molar-refractivity contribution is 14.1. The molecule has 114 valence electrons. The summed E-state index contributed by atoms with van der Waals surface area (Å²) in [4.78, 5) is 25.6. The van der Waals surface area contributed by atoms with E-state index in [0.717, 1.165) is 8.04 Å². The number of carbonyl (C=O) groups excluding carboxylic acids is 2. The molecule has 0 saturated carbocycles. The molecule has 0 aliphatic carbocycles. The van der Waals surface area contributed by atoms with Crippen molar-refractivity contribution in [3.63, 3.8) is 0 Å². The Labute approximate surface area is 151 Å². The first kappa shape index (κ1) is 17.0. The summed E-state index contributed by atoms with van der Waals surface area (Å²) in [6, 6.07) is 12.4. The van der Waals surface area contributed by atoms with E-state index in [2.05, 4.69) is 43.8 Å². The summed E-state index contributed by atoms with van der Waals surface area (Å²) in [6.45, 7) is 0. The highest BCUT2D eigenvalue weighted by Crippen LogP contribution is 2.20. The van der Waals surface area contributed by atoms with E-state index in [1.807, 2.05) is 12.1 Å². The number of amides is 2. The van der Waals surface area contributed by atoms with Crippen molar-refractivity contribution >= 4 is 56.0 Å². The first-order chi connectivity index (χ1) is 10.4. The molecule has 0 unspecified atom stereocenters. The van der Waals surface area contributed by atoms with E-state index in [4.69, 9.17) is 0 Å². The van der Waals surface area contributed by atoms with Crippen molar-refractivity contribution < 1.29 is 9.59 Å². The van der Waals surface area contributed by atoms with Gasteiger partial charge in [0.2, 0.25) is 0 Å². The Morgan fingerprint density at radius 1 is 1.09 bits per heavy atom. The second kappa shape index (κ2) is 7.23. The summed E-state index contributed by atoms with van der Waals surface area (Å²) in [5.41, 5.74) is 1.83. The number of hydrogen-bond acceptors (Lipinski definition) is 2. The molecular weight excluding hydrogens is 459 g/mol. The minimum atomic E-state index is -0.183. The number of rotatable bonds is 3. The van der Waals surface area contributed by atoms with Gasteiger partial charge in [0, 0.05) is 33.4 Å². The van der Waals surface area contributed by atoms with Gasteiger partial charge in [0.1, 0.15) is 0 Å². The van der Waals surface area contributed by atoms with Crippen LogP contribution in [-0.2, 0) is 0 Å². The minimum Gasteiger partial charge on any atom is -0.345 e. The largest absolute Gasteiger partial charge is 0.345 e. The van der Waals surface area contributed by atoms with Crippen LogP contribution in [0.2, 0.25) is 0 Å². The lowest BCUT2D eigenvalue weighted by molar-refractivity contribution is 0.0827. The SMILES string of the molecule is CN(C)C(=O)c1ccc(NC(=O)c2cc(Br)ccc2I)cc1. The van der Waals surface area contributed by atoms with Crippen LogP contribution in [-0.4, -0.2) is 30.8 Å². The molecule has 2 aromatic rings. The van der Waals surface area contributed by atoms with Crippen LogP contribution < -0.4 is 5.32 Å². The summed E-state index contributed by atoms with van der Waals surface area (Å²) >= 11 is 5.49. The van der Waals surface area contributed by atoms with Gasteiger partial charge in [-0.25, -0.2) is 0 Å². The average Bonchev–Trinajstić information content (AvgIpc) is 2.49. The fraction of sp³-hybridized carbons (Fsp3) is 0.125. The van der Waals surface area contributed by atoms with Crippen LogP contribution in [0, 0.1) is 3.57 Å². The first-order valence-electron chi connectivity index (χ1n) is 6.46. The van der Waals surface area contributed by atoms with Crippen LogP contribution in [0.25, 0.3) is 0 Å². The average molecular weight is 473 g/mol. The topological polar surface area (TPSA) is 49.4 Å². The second-order valence-corrected chi connectivity index (χ2v) is 6.93. The van der Waals surface area contributed by atoms with Gasteiger partial charge >= 0.3 is 0 Å². The monoisotopic (exact) mass is 472 g/mol. The summed E-state index contributed by atoms with van der Waals surface area (Å²) in [5, 5.41) is 2.83. The van der Waals surface area contributed by atoms with E-state index in [9.17, 15) is 9.59 Å². The molecule has 1 N–H and O–H groups in total. The zero-order chi connectivity index (χ0) is 16.3. The maximum atomic E-state index is 12.3. The highest BCUT2D eigenvalue weighted by Gasteiger charge is 2.12. The molecule has 0 saturated heterocycles. The predicted octanol–water partition coefficient (Wildman–Crippen LogP) is 4.01. The first-order valence-corrected chi connectivity index (χ1v) is 8.34. The number of halogens is 2. The van der Waals surface area contributed by atoms with Crippen molar-refractivity contribution in [2.45, 2.75) is 0 Å². The van der Waals surface area contributed by atoms with Crippen LogP contribution in [0.3, 0.4) is 0 Å². The van der Waals surface area contributed by atoms with Gasteiger partial charge in [0.25, 0.3) is 11.8 Å². The molecule has 0 radical (unpaired) electrons. The van der Waals surface area contributed by atoms with E-state index < -0.39 is 0 Å². The third-order valence-electron chi connectivity index (χ3n) is 2.97. The van der Waals surface area contributed by atoms with Crippen LogP contribution >= 0.6 is 38.5 Å². The summed E-state index contributed by atoms with van der Waals surface area (Å²) in [5.74, 6) is -0.253. The highest BCUT2D eigenvalue weighted by atomic mass is 127. The van der Waals surface area contributed by atoms with Gasteiger partial charge in [-0.2, -0.15) is 0 Å². The third-order valence-corrected chi connectivity index (χ3v) is 4.40. The Morgan fingerprint density at radius 2 is 1.73 bits per heavy atom. The number of anilines is 1. The number of hydrogen-bond donors (Lipinski definition) is 1. The van der Waals surface area contributed by atoms with Gasteiger partial charge in [0.15, 0.2) is 0 Å². The van der Waals surface area contributed by atoms with Gasteiger partial charge in [0.05, 0.1) is 5.56 Å². The van der Waals surface area contributed by atoms with Crippen LogP contribution in [0.5, 0.6) is 0 Å².